The molecule has 122 valence electrons. The van der Waals surface area contributed by atoms with Crippen molar-refractivity contribution in [1.29, 1.82) is 0 Å². The Balaban J connectivity index is 1.66. The van der Waals surface area contributed by atoms with Gasteiger partial charge in [0.15, 0.2) is 9.84 Å². The van der Waals surface area contributed by atoms with E-state index in [-0.39, 0.29) is 5.75 Å². The molecular formula is C17H21N3O2S. The molecule has 1 aromatic carbocycles. The standard InChI is InChI=1S/C17H21N3O2S/c1-2-23(21,22)16-8-6-15(7-9-16)19-11-13-20(14-12-19)17-5-3-4-10-18-17/h3-10H,2,11-14H2,1H3. The predicted octanol–water partition coefficient (Wildman–Crippen LogP) is 2.20. The van der Waals surface area contributed by atoms with Gasteiger partial charge in [-0.3, -0.25) is 0 Å². The van der Waals surface area contributed by atoms with Crippen LogP contribution in [-0.4, -0.2) is 45.3 Å². The van der Waals surface area contributed by atoms with Crippen molar-refractivity contribution < 1.29 is 8.42 Å². The second-order valence-corrected chi connectivity index (χ2v) is 7.84. The van der Waals surface area contributed by atoms with Crippen LogP contribution in [0.5, 0.6) is 0 Å². The Kier molecular flexibility index (Phi) is 4.52. The van der Waals surface area contributed by atoms with Crippen LogP contribution in [0.3, 0.4) is 0 Å². The number of rotatable bonds is 4. The van der Waals surface area contributed by atoms with Gasteiger partial charge in [0, 0.05) is 38.1 Å². The minimum atomic E-state index is -3.13. The van der Waals surface area contributed by atoms with Crippen LogP contribution < -0.4 is 9.80 Å². The zero-order valence-corrected chi connectivity index (χ0v) is 14.0. The molecule has 5 nitrogen and oxygen atoms in total. The minimum absolute atomic E-state index is 0.134. The molecule has 2 aromatic rings. The molecular weight excluding hydrogens is 310 g/mol. The molecule has 1 fully saturated rings. The van der Waals surface area contributed by atoms with E-state index in [4.69, 9.17) is 0 Å². The van der Waals surface area contributed by atoms with E-state index >= 15 is 0 Å². The Morgan fingerprint density at radius 2 is 1.61 bits per heavy atom. The Hall–Kier alpha value is -2.08. The molecule has 0 N–H and O–H groups in total. The summed E-state index contributed by atoms with van der Waals surface area (Å²) in [5.74, 6) is 1.14. The second kappa shape index (κ2) is 6.58. The largest absolute Gasteiger partial charge is 0.368 e. The summed E-state index contributed by atoms with van der Waals surface area (Å²) < 4.78 is 23.7. The first-order valence-electron chi connectivity index (χ1n) is 7.84. The maximum absolute atomic E-state index is 11.9. The summed E-state index contributed by atoms with van der Waals surface area (Å²) in [4.78, 5) is 9.34. The van der Waals surface area contributed by atoms with E-state index in [9.17, 15) is 8.42 Å². The van der Waals surface area contributed by atoms with Crippen LogP contribution in [0, 0.1) is 0 Å². The summed E-state index contributed by atoms with van der Waals surface area (Å²) in [6, 6.07) is 13.2. The van der Waals surface area contributed by atoms with Crippen molar-refractivity contribution in [3.63, 3.8) is 0 Å². The third-order valence-corrected chi connectivity index (χ3v) is 5.94. The first kappa shape index (κ1) is 15.8. The second-order valence-electron chi connectivity index (χ2n) is 5.56. The van der Waals surface area contributed by atoms with Gasteiger partial charge in [0.25, 0.3) is 0 Å². The molecule has 0 bridgehead atoms. The van der Waals surface area contributed by atoms with Crippen molar-refractivity contribution in [1.82, 2.24) is 4.98 Å². The predicted molar refractivity (Wildman–Crippen MR) is 92.8 cm³/mol. The van der Waals surface area contributed by atoms with Crippen molar-refractivity contribution in [2.45, 2.75) is 11.8 Å². The Labute approximate surface area is 137 Å². The highest BCUT2D eigenvalue weighted by molar-refractivity contribution is 7.91. The lowest BCUT2D eigenvalue weighted by molar-refractivity contribution is 0.597. The summed E-state index contributed by atoms with van der Waals surface area (Å²) in [5.41, 5.74) is 1.07. The van der Waals surface area contributed by atoms with Crippen LogP contribution in [0.15, 0.2) is 53.6 Å². The summed E-state index contributed by atoms with van der Waals surface area (Å²) in [5, 5.41) is 0. The Morgan fingerprint density at radius 3 is 2.17 bits per heavy atom. The lowest BCUT2D eigenvalue weighted by Crippen LogP contribution is -2.46. The molecule has 0 amide bonds. The van der Waals surface area contributed by atoms with Gasteiger partial charge in [-0.1, -0.05) is 13.0 Å². The topological polar surface area (TPSA) is 53.5 Å². The molecule has 23 heavy (non-hydrogen) atoms. The van der Waals surface area contributed by atoms with Crippen LogP contribution >= 0.6 is 0 Å². The average molecular weight is 331 g/mol. The molecule has 2 heterocycles. The van der Waals surface area contributed by atoms with Gasteiger partial charge in [0.2, 0.25) is 0 Å². The van der Waals surface area contributed by atoms with Gasteiger partial charge in [0.05, 0.1) is 10.6 Å². The monoisotopic (exact) mass is 331 g/mol. The molecule has 0 saturated carbocycles. The normalized spacial score (nSPS) is 15.7. The minimum Gasteiger partial charge on any atom is -0.368 e. The van der Waals surface area contributed by atoms with E-state index < -0.39 is 9.84 Å². The van der Waals surface area contributed by atoms with Crippen LogP contribution in [0.25, 0.3) is 0 Å². The van der Waals surface area contributed by atoms with E-state index in [0.29, 0.717) is 4.90 Å². The molecule has 0 spiro atoms. The number of hydrogen-bond acceptors (Lipinski definition) is 5. The van der Waals surface area contributed by atoms with Gasteiger partial charge < -0.3 is 9.80 Å². The highest BCUT2D eigenvalue weighted by Gasteiger charge is 2.19. The van der Waals surface area contributed by atoms with Crippen LogP contribution in [0.2, 0.25) is 0 Å². The number of nitrogens with zero attached hydrogens (tertiary/aromatic N) is 3. The van der Waals surface area contributed by atoms with Crippen molar-refractivity contribution in [2.24, 2.45) is 0 Å². The quantitative estimate of drug-likeness (QED) is 0.860. The Bertz CT molecular complexity index is 737. The molecule has 1 aromatic heterocycles. The van der Waals surface area contributed by atoms with Crippen LogP contribution in [0.4, 0.5) is 11.5 Å². The summed E-state index contributed by atoms with van der Waals surface area (Å²) in [6.45, 7) is 5.28. The highest BCUT2D eigenvalue weighted by Crippen LogP contribution is 2.21. The zero-order valence-electron chi connectivity index (χ0n) is 13.2. The van der Waals surface area contributed by atoms with Gasteiger partial charge >= 0.3 is 0 Å². The molecule has 0 atom stereocenters. The summed E-state index contributed by atoms with van der Waals surface area (Å²) in [6.07, 6.45) is 1.81. The number of pyridine rings is 1. The van der Waals surface area contributed by atoms with Crippen molar-refractivity contribution in [3.8, 4) is 0 Å². The van der Waals surface area contributed by atoms with E-state index in [2.05, 4.69) is 14.8 Å². The zero-order chi connectivity index (χ0) is 16.3. The Morgan fingerprint density at radius 1 is 0.957 bits per heavy atom. The SMILES string of the molecule is CCS(=O)(=O)c1ccc(N2CCN(c3ccccn3)CC2)cc1. The first-order chi connectivity index (χ1) is 11.1. The lowest BCUT2D eigenvalue weighted by Gasteiger charge is -2.36. The smallest absolute Gasteiger partial charge is 0.178 e. The molecule has 1 aliphatic heterocycles. The van der Waals surface area contributed by atoms with Crippen molar-refractivity contribution in [3.05, 3.63) is 48.7 Å². The average Bonchev–Trinajstić information content (AvgIpc) is 2.63. The van der Waals surface area contributed by atoms with Gasteiger partial charge in [-0.15, -0.1) is 0 Å². The first-order valence-corrected chi connectivity index (χ1v) is 9.49. The van der Waals surface area contributed by atoms with E-state index in [1.54, 1.807) is 19.1 Å². The van der Waals surface area contributed by atoms with Gasteiger partial charge in [-0.2, -0.15) is 0 Å². The third-order valence-electron chi connectivity index (χ3n) is 4.19. The fraction of sp³-hybridized carbons (Fsp3) is 0.353. The maximum atomic E-state index is 11.9. The molecule has 1 aliphatic rings. The highest BCUT2D eigenvalue weighted by atomic mass is 32.2. The van der Waals surface area contributed by atoms with Crippen molar-refractivity contribution in [2.75, 3.05) is 41.7 Å². The number of hydrogen-bond donors (Lipinski definition) is 0. The molecule has 3 rings (SSSR count). The maximum Gasteiger partial charge on any atom is 0.178 e. The third kappa shape index (κ3) is 3.47. The number of aromatic nitrogens is 1. The number of anilines is 2. The lowest BCUT2D eigenvalue weighted by atomic mass is 10.2. The fourth-order valence-electron chi connectivity index (χ4n) is 2.77. The van der Waals surface area contributed by atoms with E-state index in [1.165, 1.54) is 0 Å². The summed E-state index contributed by atoms with van der Waals surface area (Å²) >= 11 is 0. The summed E-state index contributed by atoms with van der Waals surface area (Å²) in [7, 11) is -3.13. The van der Waals surface area contributed by atoms with Crippen LogP contribution in [-0.2, 0) is 9.84 Å². The van der Waals surface area contributed by atoms with Gasteiger partial charge in [0.1, 0.15) is 5.82 Å². The number of benzene rings is 1. The fourth-order valence-corrected chi connectivity index (χ4v) is 3.65. The molecule has 0 unspecified atom stereocenters. The molecule has 0 aliphatic carbocycles. The number of sulfone groups is 1. The van der Waals surface area contributed by atoms with Crippen LogP contribution in [0.1, 0.15) is 6.92 Å². The number of piperazine rings is 1. The molecule has 6 heteroatoms. The molecule has 1 saturated heterocycles. The van der Waals surface area contributed by atoms with E-state index in [1.807, 2.05) is 36.5 Å². The van der Waals surface area contributed by atoms with E-state index in [0.717, 1.165) is 37.7 Å². The van der Waals surface area contributed by atoms with Crippen molar-refractivity contribution >= 4 is 21.3 Å². The van der Waals surface area contributed by atoms with Gasteiger partial charge in [-0.25, -0.2) is 13.4 Å². The van der Waals surface area contributed by atoms with Gasteiger partial charge in [-0.05, 0) is 36.4 Å². The molecule has 0 radical (unpaired) electrons.